The van der Waals surface area contributed by atoms with E-state index in [4.69, 9.17) is 0 Å². The lowest BCUT2D eigenvalue weighted by atomic mass is 10.2. The van der Waals surface area contributed by atoms with E-state index >= 15 is 0 Å². The van der Waals surface area contributed by atoms with Gasteiger partial charge in [-0.05, 0) is 50.7 Å². The lowest BCUT2D eigenvalue weighted by Crippen LogP contribution is -2.15. The highest BCUT2D eigenvalue weighted by atomic mass is 32.2. The molecule has 0 saturated heterocycles. The van der Waals surface area contributed by atoms with Gasteiger partial charge in [-0.1, -0.05) is 20.8 Å². The first kappa shape index (κ1) is 17.1. The van der Waals surface area contributed by atoms with E-state index in [1.807, 2.05) is 31.8 Å². The maximum absolute atomic E-state index is 11.8. The fourth-order valence-corrected chi connectivity index (χ4v) is 2.91. The summed E-state index contributed by atoms with van der Waals surface area (Å²) in [5, 5.41) is 6.03. The number of rotatable bonds is 6. The molecule has 0 aromatic heterocycles. The summed E-state index contributed by atoms with van der Waals surface area (Å²) in [6, 6.07) is 6.21. The van der Waals surface area contributed by atoms with Gasteiger partial charge in [-0.25, -0.2) is 0 Å². The summed E-state index contributed by atoms with van der Waals surface area (Å²) in [6.45, 7) is 9.50. The van der Waals surface area contributed by atoms with E-state index in [1.54, 1.807) is 0 Å². The van der Waals surface area contributed by atoms with Gasteiger partial charge in [0.15, 0.2) is 0 Å². The number of anilines is 1. The highest BCUT2D eigenvalue weighted by Crippen LogP contribution is 2.33. The van der Waals surface area contributed by atoms with Gasteiger partial charge in [0.05, 0.1) is 0 Å². The van der Waals surface area contributed by atoms with Crippen LogP contribution >= 0.6 is 11.8 Å². The average molecular weight is 294 g/mol. The van der Waals surface area contributed by atoms with Gasteiger partial charge in [0.25, 0.3) is 0 Å². The molecule has 3 nitrogen and oxygen atoms in total. The van der Waals surface area contributed by atoms with Crippen molar-refractivity contribution in [1.82, 2.24) is 5.32 Å². The molecule has 0 bridgehead atoms. The van der Waals surface area contributed by atoms with Crippen LogP contribution in [0.3, 0.4) is 0 Å². The lowest BCUT2D eigenvalue weighted by Gasteiger charge is -2.18. The van der Waals surface area contributed by atoms with Gasteiger partial charge in [-0.15, -0.1) is 11.8 Å². The molecular weight excluding hydrogens is 268 g/mol. The topological polar surface area (TPSA) is 41.1 Å². The van der Waals surface area contributed by atoms with Crippen molar-refractivity contribution in [2.24, 2.45) is 0 Å². The zero-order valence-corrected chi connectivity index (χ0v) is 14.0. The SMILES string of the molecule is CNCCCC(=O)Nc1ccc(SC(C)(C)C)cc1C. The van der Waals surface area contributed by atoms with Gasteiger partial charge in [-0.2, -0.15) is 0 Å². The fourth-order valence-electron chi connectivity index (χ4n) is 1.83. The molecule has 0 fully saturated rings. The third kappa shape index (κ3) is 6.44. The average Bonchev–Trinajstić information content (AvgIpc) is 2.31. The number of amides is 1. The van der Waals surface area contributed by atoms with E-state index in [0.717, 1.165) is 24.2 Å². The second-order valence-corrected chi connectivity index (χ2v) is 7.85. The summed E-state index contributed by atoms with van der Waals surface area (Å²) in [5.41, 5.74) is 2.03. The molecule has 1 aromatic rings. The summed E-state index contributed by atoms with van der Waals surface area (Å²) >= 11 is 1.84. The summed E-state index contributed by atoms with van der Waals surface area (Å²) in [6.07, 6.45) is 1.41. The van der Waals surface area contributed by atoms with Crippen LogP contribution in [0, 0.1) is 6.92 Å². The molecule has 0 aliphatic heterocycles. The number of aryl methyl sites for hydroxylation is 1. The third-order valence-electron chi connectivity index (χ3n) is 2.73. The first-order valence-corrected chi connectivity index (χ1v) is 7.87. The Morgan fingerprint density at radius 2 is 2.00 bits per heavy atom. The highest BCUT2D eigenvalue weighted by molar-refractivity contribution is 8.00. The Balaban J connectivity index is 2.62. The second kappa shape index (κ2) is 7.70. The van der Waals surface area contributed by atoms with E-state index < -0.39 is 0 Å². The zero-order chi connectivity index (χ0) is 15.2. The van der Waals surface area contributed by atoms with Crippen molar-refractivity contribution in [3.8, 4) is 0 Å². The molecule has 0 radical (unpaired) electrons. The second-order valence-electron chi connectivity index (χ2n) is 5.95. The molecule has 0 spiro atoms. The molecule has 0 heterocycles. The van der Waals surface area contributed by atoms with Crippen LogP contribution in [0.25, 0.3) is 0 Å². The maximum Gasteiger partial charge on any atom is 0.224 e. The number of hydrogen-bond donors (Lipinski definition) is 2. The Kier molecular flexibility index (Phi) is 6.56. The molecule has 0 saturated carbocycles. The Hall–Kier alpha value is -1.00. The number of hydrogen-bond acceptors (Lipinski definition) is 3. The molecule has 0 aliphatic rings. The molecule has 0 unspecified atom stereocenters. The minimum atomic E-state index is 0.0829. The summed E-state index contributed by atoms with van der Waals surface area (Å²) in [4.78, 5) is 13.0. The number of thioether (sulfide) groups is 1. The summed E-state index contributed by atoms with van der Waals surface area (Å²) in [5.74, 6) is 0.0829. The lowest BCUT2D eigenvalue weighted by molar-refractivity contribution is -0.116. The molecule has 0 atom stereocenters. The Morgan fingerprint density at radius 3 is 2.55 bits per heavy atom. The fraction of sp³-hybridized carbons (Fsp3) is 0.562. The first-order valence-electron chi connectivity index (χ1n) is 7.06. The summed E-state index contributed by atoms with van der Waals surface area (Å²) in [7, 11) is 1.90. The molecule has 1 rings (SSSR count). The van der Waals surface area contributed by atoms with E-state index in [2.05, 4.69) is 43.5 Å². The Bertz CT molecular complexity index is 452. The van der Waals surface area contributed by atoms with Crippen LogP contribution in [0.15, 0.2) is 23.1 Å². The Morgan fingerprint density at radius 1 is 1.30 bits per heavy atom. The quantitative estimate of drug-likeness (QED) is 0.619. The normalized spacial score (nSPS) is 11.4. The Labute approximate surface area is 126 Å². The van der Waals surface area contributed by atoms with Gasteiger partial charge in [0.2, 0.25) is 5.91 Å². The largest absolute Gasteiger partial charge is 0.326 e. The minimum Gasteiger partial charge on any atom is -0.326 e. The van der Waals surface area contributed by atoms with Gasteiger partial charge in [-0.3, -0.25) is 4.79 Å². The van der Waals surface area contributed by atoms with Gasteiger partial charge < -0.3 is 10.6 Å². The minimum absolute atomic E-state index is 0.0829. The maximum atomic E-state index is 11.8. The third-order valence-corrected chi connectivity index (χ3v) is 3.83. The molecule has 0 aliphatic carbocycles. The van der Waals surface area contributed by atoms with E-state index in [9.17, 15) is 4.79 Å². The van der Waals surface area contributed by atoms with Crippen LogP contribution in [-0.2, 0) is 4.79 Å². The predicted molar refractivity (Wildman–Crippen MR) is 88.6 cm³/mol. The number of benzene rings is 1. The highest BCUT2D eigenvalue weighted by Gasteiger charge is 2.13. The molecule has 112 valence electrons. The van der Waals surface area contributed by atoms with Gasteiger partial charge >= 0.3 is 0 Å². The first-order chi connectivity index (χ1) is 9.31. The van der Waals surface area contributed by atoms with E-state index in [0.29, 0.717) is 6.42 Å². The van der Waals surface area contributed by atoms with Crippen molar-refractivity contribution >= 4 is 23.4 Å². The molecule has 1 amide bonds. The van der Waals surface area contributed by atoms with Gasteiger partial charge in [0.1, 0.15) is 0 Å². The van der Waals surface area contributed by atoms with Crippen LogP contribution in [0.2, 0.25) is 0 Å². The van der Waals surface area contributed by atoms with Crippen LogP contribution in [0.5, 0.6) is 0 Å². The van der Waals surface area contributed by atoms with Crippen LogP contribution in [0.4, 0.5) is 5.69 Å². The predicted octanol–water partition coefficient (Wildman–Crippen LogP) is 3.82. The monoisotopic (exact) mass is 294 g/mol. The van der Waals surface area contributed by atoms with E-state index in [-0.39, 0.29) is 10.7 Å². The van der Waals surface area contributed by atoms with Crippen molar-refractivity contribution in [2.75, 3.05) is 18.9 Å². The van der Waals surface area contributed by atoms with Crippen molar-refractivity contribution < 1.29 is 4.79 Å². The van der Waals surface area contributed by atoms with Gasteiger partial charge in [0, 0.05) is 21.8 Å². The number of carbonyl (C=O) groups is 1. The molecular formula is C16H26N2OS. The van der Waals surface area contributed by atoms with Crippen LogP contribution < -0.4 is 10.6 Å². The van der Waals surface area contributed by atoms with Crippen LogP contribution in [0.1, 0.15) is 39.2 Å². The van der Waals surface area contributed by atoms with Crippen molar-refractivity contribution in [3.63, 3.8) is 0 Å². The standard InChI is InChI=1S/C16H26N2OS/c1-12-11-13(20-16(2,3)4)8-9-14(12)18-15(19)7-6-10-17-5/h8-9,11,17H,6-7,10H2,1-5H3,(H,18,19). The zero-order valence-electron chi connectivity index (χ0n) is 13.2. The smallest absolute Gasteiger partial charge is 0.224 e. The molecule has 20 heavy (non-hydrogen) atoms. The molecule has 2 N–H and O–H groups in total. The van der Waals surface area contributed by atoms with E-state index in [1.165, 1.54) is 4.90 Å². The van der Waals surface area contributed by atoms with Crippen LogP contribution in [-0.4, -0.2) is 24.2 Å². The van der Waals surface area contributed by atoms with Crippen molar-refractivity contribution in [3.05, 3.63) is 23.8 Å². The molecule has 4 heteroatoms. The number of carbonyl (C=O) groups excluding carboxylic acids is 1. The number of nitrogens with one attached hydrogen (secondary N) is 2. The van der Waals surface area contributed by atoms with Crippen molar-refractivity contribution in [1.29, 1.82) is 0 Å². The summed E-state index contributed by atoms with van der Waals surface area (Å²) < 4.78 is 0.199. The van der Waals surface area contributed by atoms with Crippen molar-refractivity contribution in [2.45, 2.75) is 50.2 Å². The molecule has 1 aromatic carbocycles.